The van der Waals surface area contributed by atoms with Gasteiger partial charge in [-0.05, 0) is 45.2 Å². The molecule has 2 heterocycles. The molecule has 1 fully saturated rings. The maximum atomic E-state index is 12.6. The summed E-state index contributed by atoms with van der Waals surface area (Å²) in [6.07, 6.45) is -3.71. The number of cyclic esters (lactones) is 2. The number of azide groups is 1. The highest BCUT2D eigenvalue weighted by Crippen LogP contribution is 2.28. The van der Waals surface area contributed by atoms with Crippen LogP contribution in [0.1, 0.15) is 40.5 Å². The first-order valence-electron chi connectivity index (χ1n) is 11.8. The number of ether oxygens (including phenoxy) is 5. The van der Waals surface area contributed by atoms with E-state index >= 15 is 0 Å². The molecule has 1 saturated heterocycles. The maximum absolute atomic E-state index is 12.6. The van der Waals surface area contributed by atoms with Crippen LogP contribution in [0.2, 0.25) is 0 Å². The van der Waals surface area contributed by atoms with Gasteiger partial charge in [-0.15, -0.1) is 0 Å². The summed E-state index contributed by atoms with van der Waals surface area (Å²) in [5.41, 5.74) is 8.34. The zero-order chi connectivity index (χ0) is 28.3. The van der Waals surface area contributed by atoms with E-state index in [0.29, 0.717) is 25.7 Å². The van der Waals surface area contributed by atoms with E-state index in [1.807, 2.05) is 0 Å². The van der Waals surface area contributed by atoms with E-state index in [1.54, 1.807) is 20.8 Å². The minimum Gasteiger partial charge on any atom is -0.481 e. The molecule has 16 heteroatoms. The molecule has 0 radical (unpaired) electrons. The fraction of sp³-hybridized carbons (Fsp3) is 0.682. The van der Waals surface area contributed by atoms with Crippen LogP contribution in [0.3, 0.4) is 0 Å². The van der Waals surface area contributed by atoms with E-state index in [-0.39, 0.29) is 18.9 Å². The second-order valence-corrected chi connectivity index (χ2v) is 9.34. The minimum atomic E-state index is -1.37. The van der Waals surface area contributed by atoms with Gasteiger partial charge in [-0.2, -0.15) is 0 Å². The van der Waals surface area contributed by atoms with E-state index in [0.717, 1.165) is 0 Å². The summed E-state index contributed by atoms with van der Waals surface area (Å²) in [5, 5.41) is 11.3. The SMILES string of the molecule is CC(=O)N[C@H]1[C@H]([C@H](OC(=O)NCCCCNC(=O)OC(C)(C)C)[C@H]2COC(=O)O2)OC(C=O)=C[C@@H]1N=[N+]=[N-]. The van der Waals surface area contributed by atoms with Crippen molar-refractivity contribution in [1.29, 1.82) is 0 Å². The number of nitrogens with one attached hydrogen (secondary N) is 3. The number of carbonyl (C=O) groups excluding carboxylic acids is 5. The highest BCUT2D eigenvalue weighted by molar-refractivity contribution is 5.74. The third-order valence-electron chi connectivity index (χ3n) is 5.09. The Labute approximate surface area is 218 Å². The lowest BCUT2D eigenvalue weighted by Crippen LogP contribution is -2.60. The topological polar surface area (TPSA) is 216 Å². The smallest absolute Gasteiger partial charge is 0.481 e. The van der Waals surface area contributed by atoms with Gasteiger partial charge in [0.1, 0.15) is 12.2 Å². The number of hydrogen-bond acceptors (Lipinski definition) is 11. The molecule has 2 aliphatic heterocycles. The van der Waals surface area contributed by atoms with E-state index in [2.05, 4.69) is 26.0 Å². The third kappa shape index (κ3) is 9.69. The van der Waals surface area contributed by atoms with Gasteiger partial charge in [0.15, 0.2) is 30.4 Å². The molecule has 0 saturated carbocycles. The van der Waals surface area contributed by atoms with E-state index < -0.39 is 60.2 Å². The molecular formula is C22H32N6O10. The average Bonchev–Trinajstić information content (AvgIpc) is 3.25. The molecule has 0 aromatic rings. The summed E-state index contributed by atoms with van der Waals surface area (Å²) in [5.74, 6) is -0.752. The van der Waals surface area contributed by atoms with Gasteiger partial charge in [0, 0.05) is 24.9 Å². The monoisotopic (exact) mass is 540 g/mol. The normalized spacial score (nSPS) is 23.2. The Hall–Kier alpha value is -4.20. The molecule has 38 heavy (non-hydrogen) atoms. The van der Waals surface area contributed by atoms with Crippen molar-refractivity contribution in [2.45, 2.75) is 76.5 Å². The van der Waals surface area contributed by atoms with Gasteiger partial charge in [-0.3, -0.25) is 9.59 Å². The quantitative estimate of drug-likeness (QED) is 0.0653. The zero-order valence-electron chi connectivity index (χ0n) is 21.5. The van der Waals surface area contributed by atoms with Crippen LogP contribution in [0.5, 0.6) is 0 Å². The molecule has 3 N–H and O–H groups in total. The van der Waals surface area contributed by atoms with Gasteiger partial charge in [0.2, 0.25) is 5.91 Å². The van der Waals surface area contributed by atoms with Gasteiger partial charge >= 0.3 is 18.3 Å². The minimum absolute atomic E-state index is 0.171. The van der Waals surface area contributed by atoms with Crippen LogP contribution in [0.25, 0.3) is 10.4 Å². The number of nitrogens with zero attached hydrogens (tertiary/aromatic N) is 3. The largest absolute Gasteiger partial charge is 0.508 e. The van der Waals surface area contributed by atoms with Crippen molar-refractivity contribution in [1.82, 2.24) is 16.0 Å². The Morgan fingerprint density at radius 2 is 1.87 bits per heavy atom. The van der Waals surface area contributed by atoms with Crippen LogP contribution >= 0.6 is 0 Å². The van der Waals surface area contributed by atoms with Crippen molar-refractivity contribution in [2.75, 3.05) is 19.7 Å². The average molecular weight is 541 g/mol. The lowest BCUT2D eigenvalue weighted by Gasteiger charge is -2.39. The van der Waals surface area contributed by atoms with Crippen LogP contribution in [0.15, 0.2) is 16.9 Å². The second-order valence-electron chi connectivity index (χ2n) is 9.34. The van der Waals surface area contributed by atoms with Gasteiger partial charge in [0.05, 0.1) is 12.1 Å². The molecule has 0 spiro atoms. The molecule has 0 bridgehead atoms. The van der Waals surface area contributed by atoms with Gasteiger partial charge in [-0.1, -0.05) is 5.11 Å². The summed E-state index contributed by atoms with van der Waals surface area (Å²) in [6.45, 7) is 6.64. The second kappa shape index (κ2) is 13.9. The Bertz CT molecular complexity index is 974. The van der Waals surface area contributed by atoms with Crippen LogP contribution in [0.4, 0.5) is 14.4 Å². The van der Waals surface area contributed by atoms with Crippen LogP contribution < -0.4 is 16.0 Å². The number of allylic oxidation sites excluding steroid dienone is 1. The fourth-order valence-corrected chi connectivity index (χ4v) is 3.61. The van der Waals surface area contributed by atoms with Crippen LogP contribution in [-0.2, 0) is 33.3 Å². The van der Waals surface area contributed by atoms with Gasteiger partial charge < -0.3 is 39.6 Å². The zero-order valence-corrected chi connectivity index (χ0v) is 21.5. The number of rotatable bonds is 11. The number of hydrogen-bond donors (Lipinski definition) is 3. The molecule has 0 unspecified atom stereocenters. The summed E-state index contributed by atoms with van der Waals surface area (Å²) in [6, 6.07) is -2.16. The first-order chi connectivity index (χ1) is 17.9. The molecule has 0 aliphatic carbocycles. The standard InChI is InChI=1S/C22H32N6O10/c1-12(30)26-16-14(27-28-23)9-13(10-29)35-18(16)17(15-11-34-21(33)36-15)37-19(31)24-7-5-6-8-25-20(32)38-22(2,3)4/h9-10,14-18H,5-8,11H2,1-4H3,(H,24,31)(H,25,32)(H,26,30)/t14-,15+,16+,17+,18+/m0/s1. The van der Waals surface area contributed by atoms with Crippen molar-refractivity contribution in [3.63, 3.8) is 0 Å². The number of unbranched alkanes of at least 4 members (excludes halogenated alkanes) is 1. The van der Waals surface area contributed by atoms with Crippen LogP contribution in [-0.4, -0.2) is 86.2 Å². The summed E-state index contributed by atoms with van der Waals surface area (Å²) in [7, 11) is 0. The lowest BCUT2D eigenvalue weighted by molar-refractivity contribution is -0.126. The highest BCUT2D eigenvalue weighted by Gasteiger charge is 2.48. The Morgan fingerprint density at radius 1 is 1.21 bits per heavy atom. The molecule has 0 aromatic carbocycles. The van der Waals surface area contributed by atoms with Crippen molar-refractivity contribution in [3.05, 3.63) is 22.3 Å². The van der Waals surface area contributed by atoms with Crippen molar-refractivity contribution in [3.8, 4) is 0 Å². The molecule has 5 atom stereocenters. The third-order valence-corrected chi connectivity index (χ3v) is 5.09. The van der Waals surface area contributed by atoms with Crippen molar-refractivity contribution >= 4 is 30.5 Å². The van der Waals surface area contributed by atoms with Gasteiger partial charge in [-0.25, -0.2) is 14.4 Å². The lowest BCUT2D eigenvalue weighted by atomic mass is 9.92. The van der Waals surface area contributed by atoms with E-state index in [9.17, 15) is 24.0 Å². The fourth-order valence-electron chi connectivity index (χ4n) is 3.61. The highest BCUT2D eigenvalue weighted by atomic mass is 16.8. The summed E-state index contributed by atoms with van der Waals surface area (Å²) in [4.78, 5) is 61.9. The van der Waals surface area contributed by atoms with Crippen molar-refractivity contribution in [2.24, 2.45) is 5.11 Å². The van der Waals surface area contributed by atoms with Crippen molar-refractivity contribution < 1.29 is 47.7 Å². The summed E-state index contributed by atoms with van der Waals surface area (Å²) >= 11 is 0. The first kappa shape index (κ1) is 30.0. The molecular weight excluding hydrogens is 508 g/mol. The Kier molecular flexibility index (Phi) is 11.0. The Morgan fingerprint density at radius 3 is 2.39 bits per heavy atom. The number of alkyl carbamates (subject to hydrolysis) is 2. The molecule has 3 amide bonds. The molecule has 2 aliphatic rings. The molecule has 210 valence electrons. The van der Waals surface area contributed by atoms with E-state index in [1.165, 1.54) is 13.0 Å². The molecule has 16 nitrogen and oxygen atoms in total. The summed E-state index contributed by atoms with van der Waals surface area (Å²) < 4.78 is 26.2. The van der Waals surface area contributed by atoms with E-state index in [4.69, 9.17) is 29.2 Å². The molecule has 0 aromatic heterocycles. The Balaban J connectivity index is 2.04. The predicted molar refractivity (Wildman–Crippen MR) is 128 cm³/mol. The molecule has 2 rings (SSSR count). The van der Waals surface area contributed by atoms with Crippen LogP contribution in [0, 0.1) is 0 Å². The number of amides is 3. The maximum Gasteiger partial charge on any atom is 0.508 e. The number of aldehydes is 1. The first-order valence-corrected chi connectivity index (χ1v) is 11.8. The number of carbonyl (C=O) groups is 5. The predicted octanol–water partition coefficient (Wildman–Crippen LogP) is 1.59. The van der Waals surface area contributed by atoms with Gasteiger partial charge in [0.25, 0.3) is 0 Å².